The summed E-state index contributed by atoms with van der Waals surface area (Å²) in [5.41, 5.74) is 0. The molecule has 0 aromatic carbocycles. The molecule has 0 bridgehead atoms. The second kappa shape index (κ2) is 28.6. The molecule has 0 aliphatic carbocycles. The summed E-state index contributed by atoms with van der Waals surface area (Å²) in [5, 5.41) is 0.626. The fourth-order valence-electron chi connectivity index (χ4n) is 5.22. The molecule has 0 radical (unpaired) electrons. The Hall–Kier alpha value is 0.460. The van der Waals surface area contributed by atoms with Crippen molar-refractivity contribution >= 4 is 23.2 Å². The van der Waals surface area contributed by atoms with Crippen molar-refractivity contribution in [1.82, 2.24) is 0 Å². The lowest BCUT2D eigenvalue weighted by Gasteiger charge is -2.26. The SMILES string of the molecule is CCCC(C)CCCC(OCCCCCC(Cl)CC)OC(CCCC(C)CCC)OCCCCCC(Cl)CC. The van der Waals surface area contributed by atoms with Crippen molar-refractivity contribution in [3.63, 3.8) is 0 Å². The van der Waals surface area contributed by atoms with Gasteiger partial charge in [0, 0.05) is 24.0 Å². The first kappa shape index (κ1) is 39.5. The average molecular weight is 596 g/mol. The number of alkyl halides is 2. The van der Waals surface area contributed by atoms with Crippen molar-refractivity contribution < 1.29 is 14.2 Å². The summed E-state index contributed by atoms with van der Waals surface area (Å²) in [6.07, 6.45) is 22.6. The maximum atomic E-state index is 6.57. The minimum absolute atomic E-state index is 0.171. The van der Waals surface area contributed by atoms with Gasteiger partial charge in [0.25, 0.3) is 0 Å². The molecule has 5 heteroatoms. The van der Waals surface area contributed by atoms with Gasteiger partial charge in [-0.05, 0) is 76.0 Å². The van der Waals surface area contributed by atoms with Crippen LogP contribution in [0.15, 0.2) is 0 Å². The van der Waals surface area contributed by atoms with Gasteiger partial charge in [-0.1, -0.05) is 106 Å². The van der Waals surface area contributed by atoms with Gasteiger partial charge in [0.05, 0.1) is 0 Å². The first-order chi connectivity index (χ1) is 18.9. The van der Waals surface area contributed by atoms with Crippen LogP contribution in [0.5, 0.6) is 0 Å². The van der Waals surface area contributed by atoms with Gasteiger partial charge >= 0.3 is 0 Å². The number of rotatable bonds is 30. The van der Waals surface area contributed by atoms with Crippen LogP contribution >= 0.6 is 23.2 Å². The molecule has 3 nitrogen and oxygen atoms in total. The summed E-state index contributed by atoms with van der Waals surface area (Å²) in [6.45, 7) is 15.1. The van der Waals surface area contributed by atoms with Crippen LogP contribution in [0.4, 0.5) is 0 Å². The lowest BCUT2D eigenvalue weighted by molar-refractivity contribution is -0.250. The molecular weight excluding hydrogens is 527 g/mol. The molecule has 6 atom stereocenters. The molecule has 0 N–H and O–H groups in total. The van der Waals surface area contributed by atoms with Crippen molar-refractivity contribution in [1.29, 1.82) is 0 Å². The Morgan fingerprint density at radius 2 is 0.872 bits per heavy atom. The Kier molecular flexibility index (Phi) is 28.9. The van der Waals surface area contributed by atoms with Gasteiger partial charge in [0.1, 0.15) is 0 Å². The molecule has 6 unspecified atom stereocenters. The molecule has 0 aliphatic heterocycles. The fourth-order valence-corrected chi connectivity index (χ4v) is 5.53. The van der Waals surface area contributed by atoms with Crippen LogP contribution < -0.4 is 0 Å². The number of unbranched alkanes of at least 4 members (excludes halogenated alkanes) is 4. The van der Waals surface area contributed by atoms with Crippen LogP contribution in [-0.4, -0.2) is 36.5 Å². The van der Waals surface area contributed by atoms with Crippen molar-refractivity contribution in [2.45, 2.75) is 193 Å². The van der Waals surface area contributed by atoms with E-state index in [0.29, 0.717) is 10.8 Å². The number of hydrogen-bond acceptors (Lipinski definition) is 3. The zero-order chi connectivity index (χ0) is 29.1. The molecule has 0 fully saturated rings. The molecule has 39 heavy (non-hydrogen) atoms. The highest BCUT2D eigenvalue weighted by Crippen LogP contribution is 2.22. The number of halogens is 2. The topological polar surface area (TPSA) is 27.7 Å². The third-order valence-corrected chi connectivity index (χ3v) is 9.01. The molecule has 0 saturated carbocycles. The molecule has 0 amide bonds. The molecule has 0 spiro atoms. The summed E-state index contributed by atoms with van der Waals surface area (Å²) in [6, 6.07) is 0. The Bertz CT molecular complexity index is 451. The van der Waals surface area contributed by atoms with E-state index in [9.17, 15) is 0 Å². The predicted octanol–water partition coefficient (Wildman–Crippen LogP) is 12.1. The Morgan fingerprint density at radius 3 is 1.23 bits per heavy atom. The molecule has 236 valence electrons. The monoisotopic (exact) mass is 594 g/mol. The standard InChI is InChI=1S/C34H68Cl2O3/c1-7-19-29(5)21-17-25-33(37-27-15-11-13-23-31(35)9-3)39-34(26-18-22-30(6)20-8-2)38-28-16-12-14-24-32(36)10-4/h29-34H,7-28H2,1-6H3. The normalized spacial score (nSPS) is 16.6. The van der Waals surface area contributed by atoms with Gasteiger partial charge in [-0.15, -0.1) is 23.2 Å². The zero-order valence-electron chi connectivity index (χ0n) is 27.0. The van der Waals surface area contributed by atoms with Gasteiger partial charge in [-0.3, -0.25) is 0 Å². The lowest BCUT2D eigenvalue weighted by atomic mass is 9.99. The molecule has 0 aliphatic rings. The molecule has 0 heterocycles. The lowest BCUT2D eigenvalue weighted by Crippen LogP contribution is -2.28. The highest BCUT2D eigenvalue weighted by atomic mass is 35.5. The quantitative estimate of drug-likeness (QED) is 0.0470. The summed E-state index contributed by atoms with van der Waals surface area (Å²) < 4.78 is 19.3. The zero-order valence-corrected chi connectivity index (χ0v) is 28.5. The van der Waals surface area contributed by atoms with E-state index >= 15 is 0 Å². The number of hydrogen-bond donors (Lipinski definition) is 0. The van der Waals surface area contributed by atoms with E-state index < -0.39 is 0 Å². The molecule has 0 aromatic rings. The van der Waals surface area contributed by atoms with E-state index in [0.717, 1.165) is 89.3 Å². The molecule has 0 aromatic heterocycles. The Labute approximate surface area is 255 Å². The molecular formula is C34H68Cl2O3. The van der Waals surface area contributed by atoms with Crippen molar-refractivity contribution in [3.8, 4) is 0 Å². The van der Waals surface area contributed by atoms with Gasteiger partial charge in [0.15, 0.2) is 12.6 Å². The average Bonchev–Trinajstić information content (AvgIpc) is 2.91. The minimum Gasteiger partial charge on any atom is -0.353 e. The molecule has 0 rings (SSSR count). The fraction of sp³-hybridized carbons (Fsp3) is 1.00. The summed E-state index contributed by atoms with van der Waals surface area (Å²) >= 11 is 12.6. The van der Waals surface area contributed by atoms with E-state index in [1.165, 1.54) is 64.2 Å². The first-order valence-corrected chi connectivity index (χ1v) is 17.9. The maximum absolute atomic E-state index is 6.57. The maximum Gasteiger partial charge on any atom is 0.160 e. The highest BCUT2D eigenvalue weighted by molar-refractivity contribution is 6.20. The van der Waals surface area contributed by atoms with Crippen molar-refractivity contribution in [3.05, 3.63) is 0 Å². The van der Waals surface area contributed by atoms with Gasteiger partial charge in [-0.25, -0.2) is 0 Å². The van der Waals surface area contributed by atoms with Crippen LogP contribution in [0.1, 0.15) is 170 Å². The largest absolute Gasteiger partial charge is 0.353 e. The first-order valence-electron chi connectivity index (χ1n) is 17.0. The van der Waals surface area contributed by atoms with Crippen LogP contribution in [0, 0.1) is 11.8 Å². The molecule has 0 saturated heterocycles. The van der Waals surface area contributed by atoms with E-state index in [1.807, 2.05) is 0 Å². The summed E-state index contributed by atoms with van der Waals surface area (Å²) in [4.78, 5) is 0. The van der Waals surface area contributed by atoms with E-state index in [2.05, 4.69) is 41.5 Å². The second-order valence-electron chi connectivity index (χ2n) is 12.1. The van der Waals surface area contributed by atoms with Gasteiger partial charge in [0.2, 0.25) is 0 Å². The highest BCUT2D eigenvalue weighted by Gasteiger charge is 2.19. The van der Waals surface area contributed by atoms with Gasteiger partial charge in [-0.2, -0.15) is 0 Å². The summed E-state index contributed by atoms with van der Waals surface area (Å²) in [7, 11) is 0. The predicted molar refractivity (Wildman–Crippen MR) is 173 cm³/mol. The Balaban J connectivity index is 4.84. The number of ether oxygens (including phenoxy) is 3. The van der Waals surface area contributed by atoms with Crippen LogP contribution in [0.25, 0.3) is 0 Å². The Morgan fingerprint density at radius 1 is 0.462 bits per heavy atom. The van der Waals surface area contributed by atoms with Crippen LogP contribution in [0.2, 0.25) is 0 Å². The van der Waals surface area contributed by atoms with E-state index in [4.69, 9.17) is 37.4 Å². The van der Waals surface area contributed by atoms with Gasteiger partial charge < -0.3 is 14.2 Å². The van der Waals surface area contributed by atoms with Crippen molar-refractivity contribution in [2.24, 2.45) is 11.8 Å². The van der Waals surface area contributed by atoms with Crippen molar-refractivity contribution in [2.75, 3.05) is 13.2 Å². The van der Waals surface area contributed by atoms with Crippen LogP contribution in [-0.2, 0) is 14.2 Å². The minimum atomic E-state index is -0.171. The van der Waals surface area contributed by atoms with Crippen LogP contribution in [0.3, 0.4) is 0 Å². The summed E-state index contributed by atoms with van der Waals surface area (Å²) in [5.74, 6) is 1.54. The second-order valence-corrected chi connectivity index (χ2v) is 13.3. The smallest absolute Gasteiger partial charge is 0.160 e. The third kappa shape index (κ3) is 25.9. The van der Waals surface area contributed by atoms with E-state index in [-0.39, 0.29) is 12.6 Å². The van der Waals surface area contributed by atoms with E-state index in [1.54, 1.807) is 0 Å². The third-order valence-electron chi connectivity index (χ3n) is 7.96.